The molecule has 2 saturated carbocycles. The largest absolute Gasteiger partial charge is 0.497 e. The number of benzene rings is 2. The summed E-state index contributed by atoms with van der Waals surface area (Å²) in [6, 6.07) is 13.9. The maximum absolute atomic E-state index is 14.7. The van der Waals surface area contributed by atoms with Crippen molar-refractivity contribution in [3.8, 4) is 22.8 Å². The zero-order valence-corrected chi connectivity index (χ0v) is 31.9. The van der Waals surface area contributed by atoms with Crippen molar-refractivity contribution in [2.45, 2.75) is 95.5 Å². The fourth-order valence-corrected chi connectivity index (χ4v) is 8.05. The van der Waals surface area contributed by atoms with E-state index in [0.717, 1.165) is 37.7 Å². The Morgan fingerprint density at radius 1 is 1.02 bits per heavy atom. The Kier molecular flexibility index (Phi) is 11.8. The Bertz CT molecular complexity index is 1950. The predicted octanol–water partition coefficient (Wildman–Crippen LogP) is 4.63. The molecule has 0 radical (unpaired) electrons. The van der Waals surface area contributed by atoms with Gasteiger partial charge < -0.3 is 35.4 Å². The molecule has 2 heterocycles. The van der Waals surface area contributed by atoms with E-state index in [1.807, 2.05) is 54.6 Å². The van der Waals surface area contributed by atoms with Crippen molar-refractivity contribution in [2.24, 2.45) is 17.8 Å². The standard InChI is InChI=1S/C42H51N5O8/c1-6-28-22-42(28,41(52)53)46-38(49)34-20-30(55-35-21-33(26-13-9-7-10-14-26)44-32-18-17-29(54-5)19-31(32)35)23-47(34)40(51)36(24(2)3)45-39(50)37(43-25(4)48)27-15-11-8-12-16-27/h6-7,9-10,13-14,17-19,21,24,27-28,30,34,36-37H,1,8,11-12,15-16,20,22-23H2,2-5H3,(H,43,48)(H,45,50)(H,46,49)(H,52,53)/t28-,30-,34+,36+,37+,42-/m1/s1. The summed E-state index contributed by atoms with van der Waals surface area (Å²) in [5.41, 5.74) is 0.660. The van der Waals surface area contributed by atoms with E-state index < -0.39 is 65.3 Å². The molecule has 0 unspecified atom stereocenters. The van der Waals surface area contributed by atoms with Gasteiger partial charge in [-0.05, 0) is 49.3 Å². The second-order valence-electron chi connectivity index (χ2n) is 15.4. The topological polar surface area (TPSA) is 176 Å². The molecule has 1 aliphatic heterocycles. The number of carboxylic acid groups (broad SMARTS) is 1. The van der Waals surface area contributed by atoms with E-state index in [1.165, 1.54) is 17.9 Å². The first kappa shape index (κ1) is 39.2. The Labute approximate surface area is 321 Å². The number of ether oxygens (including phenoxy) is 2. The first-order valence-electron chi connectivity index (χ1n) is 19.1. The van der Waals surface area contributed by atoms with Gasteiger partial charge in [0.1, 0.15) is 41.3 Å². The minimum absolute atomic E-state index is 0.0207. The third kappa shape index (κ3) is 8.45. The fraction of sp³-hybridized carbons (Fsp3) is 0.476. The number of carboxylic acids is 1. The van der Waals surface area contributed by atoms with E-state index in [2.05, 4.69) is 22.5 Å². The molecule has 4 N–H and O–H groups in total. The molecule has 3 aliphatic rings. The van der Waals surface area contributed by atoms with Crippen molar-refractivity contribution in [1.82, 2.24) is 25.8 Å². The smallest absolute Gasteiger partial charge is 0.330 e. The molecule has 2 aliphatic carbocycles. The summed E-state index contributed by atoms with van der Waals surface area (Å²) in [5, 5.41) is 19.2. The van der Waals surface area contributed by atoms with Crippen molar-refractivity contribution in [2.75, 3.05) is 13.7 Å². The predicted molar refractivity (Wildman–Crippen MR) is 206 cm³/mol. The lowest BCUT2D eigenvalue weighted by Crippen LogP contribution is -2.60. The SMILES string of the molecule is C=C[C@@H]1C[C@]1(NC(=O)[C@@H]1C[C@@H](Oc2cc(-c3ccccc3)nc3ccc(OC)cc23)CN1C(=O)[C@@H](NC(=O)[C@@H](NC(C)=O)C1CCCCC1)C(C)C)C(=O)O. The number of carbonyl (C=O) groups is 5. The van der Waals surface area contributed by atoms with E-state index in [0.29, 0.717) is 28.1 Å². The number of aromatic nitrogens is 1. The van der Waals surface area contributed by atoms with Gasteiger partial charge in [-0.25, -0.2) is 9.78 Å². The average molecular weight is 754 g/mol. The first-order chi connectivity index (χ1) is 26.3. The third-order valence-electron chi connectivity index (χ3n) is 11.2. The molecule has 0 bridgehead atoms. The van der Waals surface area contributed by atoms with E-state index in [1.54, 1.807) is 21.0 Å². The van der Waals surface area contributed by atoms with Crippen LogP contribution < -0.4 is 25.4 Å². The van der Waals surface area contributed by atoms with Gasteiger partial charge >= 0.3 is 5.97 Å². The Morgan fingerprint density at radius 2 is 1.75 bits per heavy atom. The molecule has 2 aromatic carbocycles. The quantitative estimate of drug-likeness (QED) is 0.171. The van der Waals surface area contributed by atoms with Crippen LogP contribution in [-0.4, -0.2) is 88.0 Å². The van der Waals surface area contributed by atoms with Crippen molar-refractivity contribution in [1.29, 1.82) is 0 Å². The van der Waals surface area contributed by atoms with Crippen molar-refractivity contribution < 1.29 is 38.6 Å². The van der Waals surface area contributed by atoms with Crippen LogP contribution in [0.25, 0.3) is 22.2 Å². The maximum atomic E-state index is 14.7. The Hall–Kier alpha value is -5.46. The number of hydrogen-bond donors (Lipinski definition) is 4. The Balaban J connectivity index is 1.32. The van der Waals surface area contributed by atoms with Gasteiger partial charge in [0.05, 0.1) is 24.9 Å². The van der Waals surface area contributed by atoms with Crippen LogP contribution in [0.15, 0.2) is 67.3 Å². The van der Waals surface area contributed by atoms with E-state index in [-0.39, 0.29) is 31.2 Å². The third-order valence-corrected chi connectivity index (χ3v) is 11.2. The highest BCUT2D eigenvalue weighted by molar-refractivity contribution is 5.97. The molecule has 1 saturated heterocycles. The molecular weight excluding hydrogens is 702 g/mol. The van der Waals surface area contributed by atoms with Crippen LogP contribution in [0.3, 0.4) is 0 Å². The van der Waals surface area contributed by atoms with Gasteiger partial charge in [-0.1, -0.05) is 69.5 Å². The molecule has 55 heavy (non-hydrogen) atoms. The number of nitrogens with one attached hydrogen (secondary N) is 3. The van der Waals surface area contributed by atoms with Crippen LogP contribution in [0.2, 0.25) is 0 Å². The van der Waals surface area contributed by atoms with Gasteiger partial charge in [-0.3, -0.25) is 19.2 Å². The molecule has 292 valence electrons. The lowest BCUT2D eigenvalue weighted by molar-refractivity contribution is -0.146. The number of aliphatic carboxylic acids is 1. The Morgan fingerprint density at radius 3 is 2.36 bits per heavy atom. The summed E-state index contributed by atoms with van der Waals surface area (Å²) >= 11 is 0. The number of pyridine rings is 1. The molecule has 3 aromatic rings. The van der Waals surface area contributed by atoms with Gasteiger partial charge in [0.2, 0.25) is 23.6 Å². The summed E-state index contributed by atoms with van der Waals surface area (Å²) in [4.78, 5) is 73.6. The summed E-state index contributed by atoms with van der Waals surface area (Å²) in [6.45, 7) is 8.68. The zero-order valence-electron chi connectivity index (χ0n) is 31.9. The summed E-state index contributed by atoms with van der Waals surface area (Å²) in [6.07, 6.45) is 5.56. The highest BCUT2D eigenvalue weighted by Gasteiger charge is 2.61. The highest BCUT2D eigenvalue weighted by Crippen LogP contribution is 2.45. The lowest BCUT2D eigenvalue weighted by atomic mass is 9.83. The highest BCUT2D eigenvalue weighted by atomic mass is 16.5. The van der Waals surface area contributed by atoms with E-state index in [9.17, 15) is 29.1 Å². The van der Waals surface area contributed by atoms with Crippen LogP contribution in [0.1, 0.15) is 65.7 Å². The van der Waals surface area contributed by atoms with Gasteiger partial charge in [0.15, 0.2) is 0 Å². The second-order valence-corrected chi connectivity index (χ2v) is 15.4. The molecule has 3 fully saturated rings. The zero-order chi connectivity index (χ0) is 39.4. The normalized spacial score (nSPS) is 23.4. The molecule has 0 spiro atoms. The maximum Gasteiger partial charge on any atom is 0.330 e. The van der Waals surface area contributed by atoms with Crippen molar-refractivity contribution in [3.63, 3.8) is 0 Å². The number of rotatable bonds is 14. The van der Waals surface area contributed by atoms with Gasteiger partial charge in [-0.15, -0.1) is 6.58 Å². The fourth-order valence-electron chi connectivity index (χ4n) is 8.05. The molecule has 13 heteroatoms. The van der Waals surface area contributed by atoms with Crippen LogP contribution in [0.5, 0.6) is 11.5 Å². The molecule has 6 atom stereocenters. The van der Waals surface area contributed by atoms with Crippen LogP contribution in [0.4, 0.5) is 0 Å². The van der Waals surface area contributed by atoms with Crippen LogP contribution >= 0.6 is 0 Å². The van der Waals surface area contributed by atoms with Gasteiger partial charge in [0, 0.05) is 36.3 Å². The monoisotopic (exact) mass is 753 g/mol. The van der Waals surface area contributed by atoms with Crippen molar-refractivity contribution in [3.05, 3.63) is 67.3 Å². The van der Waals surface area contributed by atoms with Gasteiger partial charge in [-0.2, -0.15) is 0 Å². The summed E-state index contributed by atoms with van der Waals surface area (Å²) in [5.74, 6) is -2.98. The summed E-state index contributed by atoms with van der Waals surface area (Å²) < 4.78 is 12.2. The average Bonchev–Trinajstić information content (AvgIpc) is 3.75. The van der Waals surface area contributed by atoms with E-state index in [4.69, 9.17) is 14.5 Å². The minimum atomic E-state index is -1.52. The summed E-state index contributed by atoms with van der Waals surface area (Å²) in [7, 11) is 1.56. The van der Waals surface area contributed by atoms with E-state index >= 15 is 0 Å². The van der Waals surface area contributed by atoms with Crippen LogP contribution in [0, 0.1) is 17.8 Å². The molecule has 13 nitrogen and oxygen atoms in total. The number of likely N-dealkylation sites (tertiary alicyclic amines) is 1. The first-order valence-corrected chi connectivity index (χ1v) is 19.1. The van der Waals surface area contributed by atoms with Crippen molar-refractivity contribution >= 4 is 40.5 Å². The molecule has 4 amide bonds. The second kappa shape index (κ2) is 16.5. The molecular formula is C42H51N5O8. The molecule has 1 aromatic heterocycles. The number of carbonyl (C=O) groups excluding carboxylic acids is 4. The number of amides is 4. The number of nitrogens with zero attached hydrogens (tertiary/aromatic N) is 2. The van der Waals surface area contributed by atoms with Gasteiger partial charge in [0.25, 0.3) is 0 Å². The molecule has 6 rings (SSSR count). The number of hydrogen-bond acceptors (Lipinski definition) is 8. The lowest BCUT2D eigenvalue weighted by Gasteiger charge is -2.34. The number of fused-ring (bicyclic) bond motifs is 1. The minimum Gasteiger partial charge on any atom is -0.497 e. The van der Waals surface area contributed by atoms with Crippen LogP contribution in [-0.2, 0) is 24.0 Å². The number of methoxy groups -OCH3 is 1.